The first kappa shape index (κ1) is 22.7. The number of fused-ring (bicyclic) bond motifs is 4. The molecule has 3 aliphatic carbocycles. The van der Waals surface area contributed by atoms with Crippen molar-refractivity contribution in [1.82, 2.24) is 4.90 Å². The quantitative estimate of drug-likeness (QED) is 0.684. The number of benzene rings is 1. The van der Waals surface area contributed by atoms with Crippen molar-refractivity contribution in [3.05, 3.63) is 59.6 Å². The van der Waals surface area contributed by atoms with Crippen LogP contribution in [0.1, 0.15) is 55.7 Å². The second-order valence-corrected chi connectivity index (χ2v) is 9.76. The second-order valence-electron chi connectivity index (χ2n) is 9.76. The van der Waals surface area contributed by atoms with E-state index in [0.717, 1.165) is 36.6 Å². The number of rotatable bonds is 5. The molecule has 5 heteroatoms. The van der Waals surface area contributed by atoms with Crippen LogP contribution in [0.25, 0.3) is 6.08 Å². The molecule has 2 bridgehead atoms. The average molecular weight is 437 g/mol. The first-order valence-electron chi connectivity index (χ1n) is 11.8. The van der Waals surface area contributed by atoms with Gasteiger partial charge in [0.1, 0.15) is 5.75 Å². The predicted octanol–water partition coefficient (Wildman–Crippen LogP) is 4.80. The van der Waals surface area contributed by atoms with Gasteiger partial charge in [0, 0.05) is 30.1 Å². The van der Waals surface area contributed by atoms with Crippen molar-refractivity contribution in [2.45, 2.75) is 56.9 Å². The summed E-state index contributed by atoms with van der Waals surface area (Å²) in [4.78, 5) is 14.9. The first-order valence-corrected chi connectivity index (χ1v) is 11.8. The molecule has 3 atom stereocenters. The minimum Gasteiger partial charge on any atom is -0.497 e. The monoisotopic (exact) mass is 436 g/mol. The van der Waals surface area contributed by atoms with Crippen LogP contribution in [0.2, 0.25) is 0 Å². The highest BCUT2D eigenvalue weighted by Crippen LogP contribution is 2.51. The average Bonchev–Trinajstić information content (AvgIpc) is 3.51. The number of carbonyl (C=O) groups excluding carboxylic acids is 1. The van der Waals surface area contributed by atoms with Crippen LogP contribution in [0, 0.1) is 11.8 Å². The molecular formula is C27H36N2O3. The fourth-order valence-corrected chi connectivity index (χ4v) is 5.63. The molecule has 1 amide bonds. The van der Waals surface area contributed by atoms with E-state index in [4.69, 9.17) is 14.9 Å². The van der Waals surface area contributed by atoms with Gasteiger partial charge < -0.3 is 19.8 Å². The van der Waals surface area contributed by atoms with Gasteiger partial charge in [-0.1, -0.05) is 19.4 Å². The van der Waals surface area contributed by atoms with Gasteiger partial charge in [-0.05, 0) is 85.9 Å². The second kappa shape index (κ2) is 9.53. The number of methoxy groups -OCH3 is 1. The highest BCUT2D eigenvalue weighted by molar-refractivity contribution is 5.92. The topological polar surface area (TPSA) is 68.7 Å². The van der Waals surface area contributed by atoms with Crippen LogP contribution in [0.4, 0.5) is 0 Å². The van der Waals surface area contributed by atoms with Crippen LogP contribution >= 0.6 is 0 Å². The molecule has 172 valence electrons. The van der Waals surface area contributed by atoms with E-state index in [-0.39, 0.29) is 17.4 Å². The van der Waals surface area contributed by atoms with Crippen LogP contribution < -0.4 is 10.5 Å². The number of hydrogen-bond donors (Lipinski definition) is 1. The number of carbonyl (C=O) groups is 1. The minimum absolute atomic E-state index is 0.0427. The normalized spacial score (nSPS) is 26.1. The molecule has 2 aromatic rings. The molecule has 1 heterocycles. The van der Waals surface area contributed by atoms with Crippen molar-refractivity contribution in [2.75, 3.05) is 20.7 Å². The van der Waals surface area contributed by atoms with Gasteiger partial charge in [0.25, 0.3) is 0 Å². The Bertz CT molecular complexity index is 948. The number of furan rings is 1. The number of likely N-dealkylation sites (N-methyl/N-ethyl adjacent to an activating group) is 1. The van der Waals surface area contributed by atoms with Crippen molar-refractivity contribution in [1.29, 1.82) is 0 Å². The molecule has 3 aliphatic rings. The maximum atomic E-state index is 12.9. The van der Waals surface area contributed by atoms with Crippen LogP contribution in [-0.2, 0) is 16.6 Å². The summed E-state index contributed by atoms with van der Waals surface area (Å²) in [6.45, 7) is 3.24. The molecule has 1 aromatic carbocycles. The molecule has 0 spiro atoms. The summed E-state index contributed by atoms with van der Waals surface area (Å²) in [6.07, 6.45) is 14.0. The Morgan fingerprint density at radius 1 is 1.31 bits per heavy atom. The Kier molecular flexibility index (Phi) is 6.75. The fraction of sp³-hybridized carbons (Fsp3) is 0.519. The fourth-order valence-electron chi connectivity index (χ4n) is 5.63. The summed E-state index contributed by atoms with van der Waals surface area (Å²) in [7, 11) is 3.67. The van der Waals surface area contributed by atoms with Crippen molar-refractivity contribution >= 4 is 12.0 Å². The molecule has 0 radical (unpaired) electrons. The van der Waals surface area contributed by atoms with Crippen LogP contribution in [-0.4, -0.2) is 37.6 Å². The number of ether oxygens (including phenoxy) is 1. The molecule has 2 saturated carbocycles. The summed E-state index contributed by atoms with van der Waals surface area (Å²) >= 11 is 0. The highest BCUT2D eigenvalue weighted by atomic mass is 16.5. The predicted molar refractivity (Wildman–Crippen MR) is 127 cm³/mol. The zero-order valence-corrected chi connectivity index (χ0v) is 19.5. The molecular weight excluding hydrogens is 400 g/mol. The third kappa shape index (κ3) is 4.63. The molecule has 32 heavy (non-hydrogen) atoms. The lowest BCUT2D eigenvalue weighted by atomic mass is 9.57. The van der Waals surface area contributed by atoms with Gasteiger partial charge in [-0.2, -0.15) is 0 Å². The zero-order chi connectivity index (χ0) is 22.7. The first-order chi connectivity index (χ1) is 15.5. The van der Waals surface area contributed by atoms with Crippen LogP contribution in [0.5, 0.6) is 5.75 Å². The Balaban J connectivity index is 0.000000433. The van der Waals surface area contributed by atoms with Crippen molar-refractivity contribution in [2.24, 2.45) is 17.6 Å². The Morgan fingerprint density at radius 2 is 2.12 bits per heavy atom. The molecule has 1 unspecified atom stereocenters. The molecule has 0 aliphatic heterocycles. The van der Waals surface area contributed by atoms with E-state index < -0.39 is 0 Å². The van der Waals surface area contributed by atoms with Gasteiger partial charge in [0.15, 0.2) is 0 Å². The van der Waals surface area contributed by atoms with E-state index in [1.54, 1.807) is 25.7 Å². The van der Waals surface area contributed by atoms with E-state index in [0.29, 0.717) is 5.92 Å². The molecule has 5 nitrogen and oxygen atoms in total. The third-order valence-electron chi connectivity index (χ3n) is 7.54. The molecule has 1 aromatic heterocycles. The maximum absolute atomic E-state index is 12.9. The highest BCUT2D eigenvalue weighted by Gasteiger charge is 2.50. The van der Waals surface area contributed by atoms with E-state index in [9.17, 15) is 4.79 Å². The molecule has 2 N–H and O–H groups in total. The van der Waals surface area contributed by atoms with Crippen LogP contribution in [0.15, 0.2) is 47.3 Å². The van der Waals surface area contributed by atoms with Gasteiger partial charge in [0.2, 0.25) is 5.91 Å². The Hall–Kier alpha value is -2.53. The van der Waals surface area contributed by atoms with E-state index in [1.807, 2.05) is 24.1 Å². The summed E-state index contributed by atoms with van der Waals surface area (Å²) in [6, 6.07) is 8.50. The van der Waals surface area contributed by atoms with E-state index in [2.05, 4.69) is 25.1 Å². The number of amides is 1. The number of hydrogen-bond acceptors (Lipinski definition) is 4. The van der Waals surface area contributed by atoms with Crippen LogP contribution in [0.3, 0.4) is 0 Å². The van der Waals surface area contributed by atoms with Gasteiger partial charge in [0.05, 0.1) is 19.6 Å². The van der Waals surface area contributed by atoms with Gasteiger partial charge in [-0.15, -0.1) is 0 Å². The molecule has 2 fully saturated rings. The minimum atomic E-state index is -0.0427. The Labute approximate surface area is 191 Å². The molecule has 0 saturated heterocycles. The van der Waals surface area contributed by atoms with E-state index in [1.165, 1.54) is 36.8 Å². The third-order valence-corrected chi connectivity index (χ3v) is 7.54. The van der Waals surface area contributed by atoms with Crippen molar-refractivity contribution < 1.29 is 13.9 Å². The van der Waals surface area contributed by atoms with E-state index >= 15 is 0 Å². The SMILES string of the molecule is COc1ccc2c(c1)[C@@]1(C)CCCC(C2)[C@@H]1N(C)C(=O)/C=C/c1ccoc1.NCC1CC1. The smallest absolute Gasteiger partial charge is 0.246 e. The lowest BCUT2D eigenvalue weighted by Gasteiger charge is -2.54. The van der Waals surface area contributed by atoms with Gasteiger partial charge in [-0.25, -0.2) is 0 Å². The lowest BCUT2D eigenvalue weighted by Crippen LogP contribution is -2.58. The zero-order valence-electron chi connectivity index (χ0n) is 19.5. The van der Waals surface area contributed by atoms with Gasteiger partial charge in [-0.3, -0.25) is 4.79 Å². The Morgan fingerprint density at radius 3 is 2.75 bits per heavy atom. The summed E-state index contributed by atoms with van der Waals surface area (Å²) in [5.41, 5.74) is 8.86. The largest absolute Gasteiger partial charge is 0.497 e. The summed E-state index contributed by atoms with van der Waals surface area (Å²) < 4.78 is 10.6. The number of nitrogens with zero attached hydrogens (tertiary/aromatic N) is 1. The summed E-state index contributed by atoms with van der Waals surface area (Å²) in [5, 5.41) is 0. The van der Waals surface area contributed by atoms with Crippen molar-refractivity contribution in [3.63, 3.8) is 0 Å². The number of nitrogens with two attached hydrogens (primary N) is 1. The lowest BCUT2D eigenvalue weighted by molar-refractivity contribution is -0.130. The van der Waals surface area contributed by atoms with Gasteiger partial charge >= 0.3 is 0 Å². The summed E-state index contributed by atoms with van der Waals surface area (Å²) in [5.74, 6) is 2.35. The maximum Gasteiger partial charge on any atom is 0.246 e. The van der Waals surface area contributed by atoms with Crippen molar-refractivity contribution in [3.8, 4) is 5.75 Å². The standard InChI is InChI=1S/C23H27NO3.C4H9N/c1-23-11-4-5-18(13-17-7-8-19(26-3)14-20(17)23)22(23)24(2)21(25)9-6-16-10-12-27-15-16;5-3-4-1-2-4/h6-10,12,14-15,18,22H,4-5,11,13H2,1-3H3;4H,1-3,5H2/b9-6+;/t18?,22-,23+;/m0./s1. The molecule has 5 rings (SSSR count).